The molecule has 134 valence electrons. The Bertz CT molecular complexity index is 674. The zero-order valence-corrected chi connectivity index (χ0v) is 14.2. The minimum absolute atomic E-state index is 0.0199. The third kappa shape index (κ3) is 3.91. The lowest BCUT2D eigenvalue weighted by molar-refractivity contribution is 0.122. The number of aliphatic hydroxyl groups excluding tert-OH is 1. The lowest BCUT2D eigenvalue weighted by Crippen LogP contribution is -2.37. The smallest absolute Gasteiger partial charge is 0.224 e. The number of hydrogen-bond acceptors (Lipinski definition) is 7. The largest absolute Gasteiger partial charge is 0.391 e. The molecule has 2 aliphatic rings. The second-order valence-corrected chi connectivity index (χ2v) is 6.75. The van der Waals surface area contributed by atoms with Gasteiger partial charge in [-0.05, 0) is 24.8 Å². The van der Waals surface area contributed by atoms with Crippen LogP contribution in [-0.4, -0.2) is 63.1 Å². The molecule has 1 saturated carbocycles. The van der Waals surface area contributed by atoms with Gasteiger partial charge < -0.3 is 24.6 Å². The van der Waals surface area contributed by atoms with Gasteiger partial charge in [-0.25, -0.2) is 9.97 Å². The van der Waals surface area contributed by atoms with Gasteiger partial charge in [-0.15, -0.1) is 0 Å². The van der Waals surface area contributed by atoms with Crippen LogP contribution in [0.4, 0.5) is 11.8 Å². The molecule has 3 atom stereocenters. The van der Waals surface area contributed by atoms with Gasteiger partial charge >= 0.3 is 0 Å². The van der Waals surface area contributed by atoms with Crippen molar-refractivity contribution in [2.45, 2.75) is 31.5 Å². The van der Waals surface area contributed by atoms with E-state index in [-0.39, 0.29) is 12.1 Å². The zero-order valence-electron chi connectivity index (χ0n) is 14.2. The molecule has 0 radical (unpaired) electrons. The van der Waals surface area contributed by atoms with Crippen LogP contribution >= 0.6 is 0 Å². The summed E-state index contributed by atoms with van der Waals surface area (Å²) in [5.74, 6) is 1.91. The number of aliphatic hydroxyl groups is 1. The highest BCUT2D eigenvalue weighted by Gasteiger charge is 2.33. The normalized spacial score (nSPS) is 26.8. The Morgan fingerprint density at radius 2 is 2.12 bits per heavy atom. The van der Waals surface area contributed by atoms with Gasteiger partial charge in [0.15, 0.2) is 0 Å². The molecule has 2 fully saturated rings. The van der Waals surface area contributed by atoms with Gasteiger partial charge in [0.05, 0.1) is 31.7 Å². The highest BCUT2D eigenvalue weighted by Crippen LogP contribution is 2.29. The topological polar surface area (TPSA) is 88.3 Å². The molecule has 0 spiro atoms. The predicted molar refractivity (Wildman–Crippen MR) is 93.4 cm³/mol. The molecule has 1 unspecified atom stereocenters. The summed E-state index contributed by atoms with van der Waals surface area (Å²) >= 11 is 0. The molecule has 3 heterocycles. The zero-order chi connectivity index (χ0) is 17.1. The molecule has 1 aliphatic carbocycles. The van der Waals surface area contributed by atoms with Crippen molar-refractivity contribution in [3.05, 3.63) is 31.0 Å². The Kier molecular flexibility index (Phi) is 4.80. The van der Waals surface area contributed by atoms with E-state index in [4.69, 9.17) is 4.74 Å². The Hall–Kier alpha value is -2.19. The molecular formula is C17H24N6O2. The molecule has 0 bridgehead atoms. The van der Waals surface area contributed by atoms with E-state index < -0.39 is 0 Å². The van der Waals surface area contributed by atoms with Crippen molar-refractivity contribution in [2.75, 3.05) is 36.5 Å². The van der Waals surface area contributed by atoms with Crippen LogP contribution in [0, 0.1) is 5.92 Å². The molecule has 0 amide bonds. The van der Waals surface area contributed by atoms with Crippen LogP contribution in [0.5, 0.6) is 0 Å². The number of hydrogen-bond donors (Lipinski definition) is 2. The fourth-order valence-corrected chi connectivity index (χ4v) is 3.67. The maximum atomic E-state index is 10.4. The van der Waals surface area contributed by atoms with Crippen LogP contribution in [0.3, 0.4) is 0 Å². The van der Waals surface area contributed by atoms with Crippen LogP contribution in [0.15, 0.2) is 31.0 Å². The Morgan fingerprint density at radius 3 is 2.92 bits per heavy atom. The molecule has 0 aromatic carbocycles. The maximum absolute atomic E-state index is 10.4. The number of morpholine rings is 1. The second kappa shape index (κ2) is 7.37. The molecule has 2 aromatic heterocycles. The number of nitrogens with zero attached hydrogens (tertiary/aromatic N) is 5. The summed E-state index contributed by atoms with van der Waals surface area (Å²) in [7, 11) is 0. The van der Waals surface area contributed by atoms with Gasteiger partial charge in [0.2, 0.25) is 5.95 Å². The third-order valence-electron chi connectivity index (χ3n) is 4.95. The second-order valence-electron chi connectivity index (χ2n) is 6.75. The predicted octanol–water partition coefficient (Wildman–Crippen LogP) is 0.761. The Morgan fingerprint density at radius 1 is 1.24 bits per heavy atom. The highest BCUT2D eigenvalue weighted by molar-refractivity contribution is 5.43. The Labute approximate surface area is 146 Å². The molecule has 25 heavy (non-hydrogen) atoms. The SMILES string of the molecule is O[C@@H]1CC(Cn2ccnc2)C[C@H]1Nc1nccc(N2CCOCC2)n1. The Balaban J connectivity index is 1.38. The number of nitrogens with one attached hydrogen (secondary N) is 1. The van der Waals surface area contributed by atoms with Gasteiger partial charge in [-0.2, -0.15) is 4.98 Å². The first-order valence-electron chi connectivity index (χ1n) is 8.84. The van der Waals surface area contributed by atoms with E-state index in [1.165, 1.54) is 0 Å². The number of aromatic nitrogens is 4. The summed E-state index contributed by atoms with van der Waals surface area (Å²) in [6.07, 6.45) is 8.62. The van der Waals surface area contributed by atoms with Gasteiger partial charge in [0, 0.05) is 38.2 Å². The van der Waals surface area contributed by atoms with Crippen LogP contribution in [0.1, 0.15) is 12.8 Å². The summed E-state index contributed by atoms with van der Waals surface area (Å²) < 4.78 is 7.45. The molecule has 8 heteroatoms. The molecule has 4 rings (SSSR count). The molecule has 8 nitrogen and oxygen atoms in total. The van der Waals surface area contributed by atoms with Crippen molar-refractivity contribution in [1.82, 2.24) is 19.5 Å². The minimum Gasteiger partial charge on any atom is -0.391 e. The fraction of sp³-hybridized carbons (Fsp3) is 0.588. The van der Waals surface area contributed by atoms with E-state index >= 15 is 0 Å². The average Bonchev–Trinajstić information content (AvgIpc) is 3.26. The van der Waals surface area contributed by atoms with Crippen LogP contribution in [0.25, 0.3) is 0 Å². The molecule has 2 N–H and O–H groups in total. The van der Waals surface area contributed by atoms with Gasteiger partial charge in [-0.3, -0.25) is 0 Å². The first kappa shape index (κ1) is 16.3. The van der Waals surface area contributed by atoms with Crippen LogP contribution in [-0.2, 0) is 11.3 Å². The summed E-state index contributed by atoms with van der Waals surface area (Å²) in [6.45, 7) is 4.02. The number of rotatable bonds is 5. The standard InChI is InChI=1S/C17H24N6O2/c24-15-10-13(11-22-4-3-18-12-22)9-14(15)20-17-19-2-1-16(21-17)23-5-7-25-8-6-23/h1-4,12-15,24H,5-11H2,(H,19,20,21)/t13?,14-,15-/m1/s1. The van der Waals surface area contributed by atoms with Crippen molar-refractivity contribution >= 4 is 11.8 Å². The van der Waals surface area contributed by atoms with E-state index in [9.17, 15) is 5.11 Å². The molecule has 1 aliphatic heterocycles. The highest BCUT2D eigenvalue weighted by atomic mass is 16.5. The lowest BCUT2D eigenvalue weighted by Gasteiger charge is -2.28. The quantitative estimate of drug-likeness (QED) is 0.828. The number of anilines is 2. The first-order valence-corrected chi connectivity index (χ1v) is 8.84. The van der Waals surface area contributed by atoms with Gasteiger partial charge in [0.1, 0.15) is 5.82 Å². The van der Waals surface area contributed by atoms with Gasteiger partial charge in [-0.1, -0.05) is 0 Å². The van der Waals surface area contributed by atoms with E-state index in [0.29, 0.717) is 11.9 Å². The van der Waals surface area contributed by atoms with Crippen LogP contribution in [0.2, 0.25) is 0 Å². The van der Waals surface area contributed by atoms with Crippen molar-refractivity contribution in [3.63, 3.8) is 0 Å². The summed E-state index contributed by atoms with van der Waals surface area (Å²) in [5.41, 5.74) is 0. The summed E-state index contributed by atoms with van der Waals surface area (Å²) in [4.78, 5) is 15.2. The molecule has 2 aromatic rings. The van der Waals surface area contributed by atoms with E-state index in [1.807, 2.05) is 18.6 Å². The number of imidazole rings is 1. The molecule has 1 saturated heterocycles. The lowest BCUT2D eigenvalue weighted by atomic mass is 10.1. The monoisotopic (exact) mass is 344 g/mol. The van der Waals surface area contributed by atoms with E-state index in [1.54, 1.807) is 12.4 Å². The van der Waals surface area contributed by atoms with Crippen molar-refractivity contribution in [1.29, 1.82) is 0 Å². The van der Waals surface area contributed by atoms with Crippen molar-refractivity contribution < 1.29 is 9.84 Å². The maximum Gasteiger partial charge on any atom is 0.224 e. The van der Waals surface area contributed by atoms with Crippen molar-refractivity contribution in [3.8, 4) is 0 Å². The van der Waals surface area contributed by atoms with E-state index in [2.05, 4.69) is 29.7 Å². The van der Waals surface area contributed by atoms with Crippen molar-refractivity contribution in [2.24, 2.45) is 5.92 Å². The fourth-order valence-electron chi connectivity index (χ4n) is 3.67. The number of ether oxygens (including phenoxy) is 1. The summed E-state index contributed by atoms with van der Waals surface area (Å²) in [6, 6.07) is 1.90. The van der Waals surface area contributed by atoms with Crippen LogP contribution < -0.4 is 10.2 Å². The minimum atomic E-state index is -0.385. The molecular weight excluding hydrogens is 320 g/mol. The van der Waals surface area contributed by atoms with Gasteiger partial charge in [0.25, 0.3) is 0 Å². The summed E-state index contributed by atoms with van der Waals surface area (Å²) in [5, 5.41) is 13.7. The average molecular weight is 344 g/mol. The van der Waals surface area contributed by atoms with E-state index in [0.717, 1.165) is 51.5 Å². The third-order valence-corrected chi connectivity index (χ3v) is 4.95. The first-order chi connectivity index (χ1) is 12.3.